The maximum absolute atomic E-state index is 11.9. The quantitative estimate of drug-likeness (QED) is 0.755. The molecule has 0 aromatic heterocycles. The summed E-state index contributed by atoms with van der Waals surface area (Å²) in [5.41, 5.74) is 1.78. The molecule has 1 atom stereocenters. The van der Waals surface area contributed by atoms with Crippen LogP contribution < -0.4 is 10.6 Å². The van der Waals surface area contributed by atoms with E-state index in [1.807, 2.05) is 45.0 Å². The van der Waals surface area contributed by atoms with E-state index in [1.54, 1.807) is 0 Å². The molecule has 0 aliphatic carbocycles. The number of hydrogen-bond acceptors (Lipinski definition) is 4. The Labute approximate surface area is 126 Å². The van der Waals surface area contributed by atoms with Gasteiger partial charge in [0.25, 0.3) is 0 Å². The lowest BCUT2D eigenvalue weighted by molar-refractivity contribution is -0.143. The standard InChI is InChI=1S/C16H24N2O3/c1-11(2)9-14(16(20)21-4)17-10-15(19)18-13-8-6-5-7-12(13)3/h5-8,11,14,17H,9-10H2,1-4H3,(H,18,19). The van der Waals surface area contributed by atoms with Gasteiger partial charge in [-0.1, -0.05) is 32.0 Å². The van der Waals surface area contributed by atoms with Crippen molar-refractivity contribution in [3.63, 3.8) is 0 Å². The number of aryl methyl sites for hydroxylation is 1. The molecule has 0 saturated heterocycles. The summed E-state index contributed by atoms with van der Waals surface area (Å²) in [6, 6.07) is 7.10. The first kappa shape index (κ1) is 17.2. The molecule has 0 fully saturated rings. The molecule has 0 heterocycles. The van der Waals surface area contributed by atoms with E-state index in [0.717, 1.165) is 11.3 Å². The Morgan fingerprint density at radius 1 is 1.24 bits per heavy atom. The Morgan fingerprint density at radius 3 is 2.48 bits per heavy atom. The first-order valence-corrected chi connectivity index (χ1v) is 7.10. The zero-order chi connectivity index (χ0) is 15.8. The first-order chi connectivity index (χ1) is 9.93. The molecule has 1 amide bonds. The second kappa shape index (κ2) is 8.42. The number of hydrogen-bond donors (Lipinski definition) is 2. The van der Waals surface area contributed by atoms with Crippen LogP contribution in [0.15, 0.2) is 24.3 Å². The van der Waals surface area contributed by atoms with Crippen molar-refractivity contribution < 1.29 is 14.3 Å². The van der Waals surface area contributed by atoms with Gasteiger partial charge >= 0.3 is 5.97 Å². The number of methoxy groups -OCH3 is 1. The predicted octanol–water partition coefficient (Wildman–Crippen LogP) is 2.11. The SMILES string of the molecule is COC(=O)C(CC(C)C)NCC(=O)Nc1ccccc1C. The Hall–Kier alpha value is -1.88. The average Bonchev–Trinajstić information content (AvgIpc) is 2.44. The van der Waals surface area contributed by atoms with E-state index in [0.29, 0.717) is 12.3 Å². The number of amides is 1. The van der Waals surface area contributed by atoms with Gasteiger partial charge in [0, 0.05) is 5.69 Å². The van der Waals surface area contributed by atoms with Crippen molar-refractivity contribution >= 4 is 17.6 Å². The van der Waals surface area contributed by atoms with Crippen LogP contribution in [0.3, 0.4) is 0 Å². The van der Waals surface area contributed by atoms with Gasteiger partial charge in [0.1, 0.15) is 6.04 Å². The summed E-state index contributed by atoms with van der Waals surface area (Å²) in [7, 11) is 1.35. The lowest BCUT2D eigenvalue weighted by Gasteiger charge is -2.18. The van der Waals surface area contributed by atoms with Gasteiger partial charge in [-0.15, -0.1) is 0 Å². The Balaban J connectivity index is 2.53. The summed E-state index contributed by atoms with van der Waals surface area (Å²) < 4.78 is 4.75. The van der Waals surface area contributed by atoms with Gasteiger partial charge in [-0.05, 0) is 30.9 Å². The van der Waals surface area contributed by atoms with Gasteiger partial charge in [-0.25, -0.2) is 0 Å². The highest BCUT2D eigenvalue weighted by Crippen LogP contribution is 2.12. The van der Waals surface area contributed by atoms with Crippen LogP contribution in [-0.2, 0) is 14.3 Å². The van der Waals surface area contributed by atoms with Crippen molar-refractivity contribution in [3.05, 3.63) is 29.8 Å². The third kappa shape index (κ3) is 5.95. The number of para-hydroxylation sites is 1. The van der Waals surface area contributed by atoms with Crippen molar-refractivity contribution in [1.82, 2.24) is 5.32 Å². The highest BCUT2D eigenvalue weighted by Gasteiger charge is 2.20. The monoisotopic (exact) mass is 292 g/mol. The van der Waals surface area contributed by atoms with E-state index in [1.165, 1.54) is 7.11 Å². The lowest BCUT2D eigenvalue weighted by atomic mass is 10.0. The van der Waals surface area contributed by atoms with Crippen molar-refractivity contribution in [2.45, 2.75) is 33.2 Å². The molecule has 0 spiro atoms. The molecule has 0 aliphatic heterocycles. The Kier molecular flexibility index (Phi) is 6.88. The number of anilines is 1. The molecule has 0 saturated carbocycles. The molecular formula is C16H24N2O3. The van der Waals surface area contributed by atoms with E-state index in [2.05, 4.69) is 10.6 Å². The molecule has 116 valence electrons. The topological polar surface area (TPSA) is 67.4 Å². The largest absolute Gasteiger partial charge is 0.468 e. The Morgan fingerprint density at radius 2 is 1.90 bits per heavy atom. The van der Waals surface area contributed by atoms with Crippen molar-refractivity contribution in [2.24, 2.45) is 5.92 Å². The summed E-state index contributed by atoms with van der Waals surface area (Å²) in [6.45, 7) is 6.04. The van der Waals surface area contributed by atoms with Gasteiger partial charge in [-0.2, -0.15) is 0 Å². The summed E-state index contributed by atoms with van der Waals surface area (Å²) in [4.78, 5) is 23.6. The second-order valence-corrected chi connectivity index (χ2v) is 5.45. The summed E-state index contributed by atoms with van der Waals surface area (Å²) >= 11 is 0. The van der Waals surface area contributed by atoms with Gasteiger partial charge in [0.05, 0.1) is 13.7 Å². The van der Waals surface area contributed by atoms with E-state index in [-0.39, 0.29) is 18.4 Å². The maximum atomic E-state index is 11.9. The number of carbonyl (C=O) groups excluding carboxylic acids is 2. The van der Waals surface area contributed by atoms with Crippen LogP contribution in [0.4, 0.5) is 5.69 Å². The van der Waals surface area contributed by atoms with Gasteiger partial charge in [-0.3, -0.25) is 14.9 Å². The van der Waals surface area contributed by atoms with Gasteiger partial charge in [0.15, 0.2) is 0 Å². The minimum absolute atomic E-state index is 0.0703. The zero-order valence-corrected chi connectivity index (χ0v) is 13.1. The summed E-state index contributed by atoms with van der Waals surface area (Å²) in [5, 5.41) is 5.78. The molecule has 1 aromatic rings. The van der Waals surface area contributed by atoms with Crippen LogP contribution in [0.25, 0.3) is 0 Å². The number of carbonyl (C=O) groups is 2. The van der Waals surface area contributed by atoms with Crippen molar-refractivity contribution in [1.29, 1.82) is 0 Å². The van der Waals surface area contributed by atoms with Crippen molar-refractivity contribution in [3.8, 4) is 0 Å². The van der Waals surface area contributed by atoms with Crippen LogP contribution >= 0.6 is 0 Å². The fourth-order valence-corrected chi connectivity index (χ4v) is 2.00. The maximum Gasteiger partial charge on any atom is 0.322 e. The Bertz CT molecular complexity index is 486. The third-order valence-corrected chi connectivity index (χ3v) is 3.12. The zero-order valence-electron chi connectivity index (χ0n) is 13.1. The molecule has 5 heteroatoms. The van der Waals surface area contributed by atoms with Crippen LogP contribution in [0.1, 0.15) is 25.8 Å². The predicted molar refractivity (Wildman–Crippen MR) is 83.1 cm³/mol. The van der Waals surface area contributed by atoms with Crippen LogP contribution in [-0.4, -0.2) is 31.6 Å². The first-order valence-electron chi connectivity index (χ1n) is 7.10. The minimum atomic E-state index is -0.461. The minimum Gasteiger partial charge on any atom is -0.468 e. The smallest absolute Gasteiger partial charge is 0.322 e. The van der Waals surface area contributed by atoms with Crippen molar-refractivity contribution in [2.75, 3.05) is 19.0 Å². The molecule has 1 aromatic carbocycles. The van der Waals surface area contributed by atoms with Crippen LogP contribution in [0.2, 0.25) is 0 Å². The summed E-state index contributed by atoms with van der Waals surface area (Å²) in [6.07, 6.45) is 0.629. The summed E-state index contributed by atoms with van der Waals surface area (Å²) in [5.74, 6) is -0.185. The van der Waals surface area contributed by atoms with E-state index in [4.69, 9.17) is 4.74 Å². The fraction of sp³-hybridized carbons (Fsp3) is 0.500. The highest BCUT2D eigenvalue weighted by molar-refractivity contribution is 5.93. The lowest BCUT2D eigenvalue weighted by Crippen LogP contribution is -2.42. The number of rotatable bonds is 7. The normalized spacial score (nSPS) is 12.0. The van der Waals surface area contributed by atoms with Crippen LogP contribution in [0, 0.1) is 12.8 Å². The molecule has 2 N–H and O–H groups in total. The van der Waals surface area contributed by atoms with E-state index < -0.39 is 6.04 Å². The molecule has 0 radical (unpaired) electrons. The molecule has 21 heavy (non-hydrogen) atoms. The van der Waals surface area contributed by atoms with Crippen LogP contribution in [0.5, 0.6) is 0 Å². The molecule has 5 nitrogen and oxygen atoms in total. The van der Waals surface area contributed by atoms with Gasteiger partial charge in [0.2, 0.25) is 5.91 Å². The fourth-order valence-electron chi connectivity index (χ4n) is 2.00. The van der Waals surface area contributed by atoms with Gasteiger partial charge < -0.3 is 10.1 Å². The molecule has 1 unspecified atom stereocenters. The molecular weight excluding hydrogens is 268 g/mol. The third-order valence-electron chi connectivity index (χ3n) is 3.12. The van der Waals surface area contributed by atoms with E-state index in [9.17, 15) is 9.59 Å². The number of nitrogens with one attached hydrogen (secondary N) is 2. The highest BCUT2D eigenvalue weighted by atomic mass is 16.5. The van der Waals surface area contributed by atoms with E-state index >= 15 is 0 Å². The number of esters is 1. The number of benzene rings is 1. The average molecular weight is 292 g/mol. The number of ether oxygens (including phenoxy) is 1. The second-order valence-electron chi connectivity index (χ2n) is 5.45. The molecule has 1 rings (SSSR count). The molecule has 0 aliphatic rings. The molecule has 0 bridgehead atoms.